The van der Waals surface area contributed by atoms with Crippen LogP contribution in [0.1, 0.15) is 83.1 Å². The van der Waals surface area contributed by atoms with Crippen LogP contribution in [-0.2, 0) is 22.5 Å². The summed E-state index contributed by atoms with van der Waals surface area (Å²) >= 11 is -3.64. The molecular weight excluding hydrogens is 831 g/mol. The Balaban J connectivity index is 0.000000381. The van der Waals surface area contributed by atoms with Crippen LogP contribution in [0.5, 0.6) is 0 Å². The first-order chi connectivity index (χ1) is 17.3. The van der Waals surface area contributed by atoms with Gasteiger partial charge in [-0.3, -0.25) is 0 Å². The molecule has 0 amide bonds. The quantitative estimate of drug-likeness (QED) is 0.236. The number of nitrogens with zero attached hydrogens (tertiary/aromatic N) is 4. The third kappa shape index (κ3) is 8.90. The molecule has 0 spiro atoms. The van der Waals surface area contributed by atoms with E-state index in [0.717, 1.165) is 0 Å². The molecule has 0 aromatic heterocycles. The van der Waals surface area contributed by atoms with E-state index in [2.05, 4.69) is 157 Å². The Labute approximate surface area is 290 Å². The molecule has 2 aromatic rings. The molecule has 12 heteroatoms. The van der Waals surface area contributed by atoms with Crippen LogP contribution in [-0.4, -0.2) is 97.1 Å². The first-order valence-electron chi connectivity index (χ1n) is 13.1. The second kappa shape index (κ2) is 14.9. The Kier molecular flexibility index (Phi) is 14.7. The molecule has 0 unspecified atom stereocenters. The summed E-state index contributed by atoms with van der Waals surface area (Å²) in [6.45, 7) is 27.2. The minimum Gasteiger partial charge on any atom is -1.00 e. The summed E-state index contributed by atoms with van der Waals surface area (Å²) in [6, 6.07) is 21.5. The Bertz CT molecular complexity index is 935. The molecule has 4 rings (SSSR count). The SMILES string of the molecule is CC(C)(C)[N]1[S+](c2ccccc2)[N](C(C)(C)C)[Ge]1[Cl].CC(C)(C)[N]1[S+](c2ccccc2)[N](C(C)(C)C)[Ge]1[Cl].[Se-].[Se-]. The molecule has 0 atom stereocenters. The monoisotopic (exact) mass is 880 g/mol. The van der Waals surface area contributed by atoms with Gasteiger partial charge < -0.3 is 34.1 Å². The van der Waals surface area contributed by atoms with E-state index < -0.39 is 27.7 Å². The standard InChI is InChI=1S/2C14H23ClGeN2S.2Se/c2*1-13(2,3)17-16(15)18(14(4,5)6)19(17)12-10-8-7-9-11-12;;/h2*7-11H,1-6H3;;/q2*+1;2*-1. The van der Waals surface area contributed by atoms with Crippen LogP contribution in [0.3, 0.4) is 0 Å². The van der Waals surface area contributed by atoms with Gasteiger partial charge in [0.15, 0.2) is 0 Å². The predicted octanol–water partition coefficient (Wildman–Crippen LogP) is 7.10. The minimum absolute atomic E-state index is 0. The van der Waals surface area contributed by atoms with Crippen LogP contribution in [0.4, 0.5) is 0 Å². The van der Waals surface area contributed by atoms with Crippen molar-refractivity contribution in [2.24, 2.45) is 0 Å². The van der Waals surface area contributed by atoms with E-state index in [1.165, 1.54) is 9.79 Å². The van der Waals surface area contributed by atoms with Crippen molar-refractivity contribution in [3.05, 3.63) is 60.7 Å². The molecule has 2 heterocycles. The van der Waals surface area contributed by atoms with Gasteiger partial charge in [-0.2, -0.15) is 0 Å². The third-order valence-corrected chi connectivity index (χ3v) is 32.7. The molecule has 0 saturated carbocycles. The van der Waals surface area contributed by atoms with Gasteiger partial charge in [-0.1, -0.05) is 0 Å². The Morgan fingerprint density at radius 3 is 0.825 bits per heavy atom. The topological polar surface area (TPSA) is 13.0 Å². The number of rotatable bonds is 2. The fraction of sp³-hybridized carbons (Fsp3) is 0.571. The predicted molar refractivity (Wildman–Crippen MR) is 185 cm³/mol. The van der Waals surface area contributed by atoms with Crippen molar-refractivity contribution in [3.63, 3.8) is 0 Å². The first kappa shape index (κ1) is 39.7. The van der Waals surface area contributed by atoms with Crippen molar-refractivity contribution >= 4 is 104 Å². The zero-order chi connectivity index (χ0) is 28.8. The maximum Gasteiger partial charge on any atom is -1.00 e. The second-order valence-corrected chi connectivity index (χ2v) is 29.3. The van der Waals surface area contributed by atoms with E-state index in [0.29, 0.717) is 0 Å². The van der Waals surface area contributed by atoms with E-state index in [1.54, 1.807) is 0 Å². The van der Waals surface area contributed by atoms with Gasteiger partial charge in [0.2, 0.25) is 0 Å². The van der Waals surface area contributed by atoms with Gasteiger partial charge in [0.25, 0.3) is 0 Å². The Morgan fingerprint density at radius 1 is 0.450 bits per heavy atom. The molecule has 0 N–H and O–H groups in total. The summed E-state index contributed by atoms with van der Waals surface area (Å²) < 4.78 is 10.3. The van der Waals surface area contributed by atoms with E-state index in [1.807, 2.05) is 0 Å². The van der Waals surface area contributed by atoms with E-state index in [4.69, 9.17) is 20.0 Å². The van der Waals surface area contributed by atoms with Crippen molar-refractivity contribution in [1.82, 2.24) is 13.0 Å². The summed E-state index contributed by atoms with van der Waals surface area (Å²) in [6.07, 6.45) is 0. The van der Waals surface area contributed by atoms with Crippen LogP contribution < -0.4 is 0 Å². The summed E-state index contributed by atoms with van der Waals surface area (Å²) in [5.74, 6) is 0. The molecule has 40 heavy (non-hydrogen) atoms. The molecule has 2 fully saturated rings. The van der Waals surface area contributed by atoms with Crippen molar-refractivity contribution in [2.45, 2.75) is 115 Å². The van der Waals surface area contributed by atoms with Crippen molar-refractivity contribution < 1.29 is 0 Å². The molecule has 2 aromatic carbocycles. The van der Waals surface area contributed by atoms with Crippen LogP contribution in [0.2, 0.25) is 0 Å². The maximum absolute atomic E-state index is 6.82. The van der Waals surface area contributed by atoms with Crippen LogP contribution in [0, 0.1) is 0 Å². The molecule has 0 bridgehead atoms. The number of hydrogen-bond donors (Lipinski definition) is 0. The van der Waals surface area contributed by atoms with Gasteiger partial charge in [-0.05, 0) is 0 Å². The van der Waals surface area contributed by atoms with Crippen LogP contribution in [0.15, 0.2) is 70.5 Å². The van der Waals surface area contributed by atoms with Crippen molar-refractivity contribution in [3.8, 4) is 0 Å². The smallest absolute Gasteiger partial charge is 1.00 e. The van der Waals surface area contributed by atoms with Crippen molar-refractivity contribution in [1.29, 1.82) is 0 Å². The van der Waals surface area contributed by atoms with Gasteiger partial charge in [0.1, 0.15) is 0 Å². The first-order valence-corrected chi connectivity index (χ1v) is 24.7. The molecule has 2 aliphatic rings. The minimum atomic E-state index is -1.82. The van der Waals surface area contributed by atoms with E-state index in [-0.39, 0.29) is 78.8 Å². The molecule has 224 valence electrons. The number of hydrogen-bond acceptors (Lipinski definition) is 4. The third-order valence-electron chi connectivity index (χ3n) is 5.71. The fourth-order valence-electron chi connectivity index (χ4n) is 4.20. The van der Waals surface area contributed by atoms with Gasteiger partial charge >= 0.3 is 259 Å². The average Bonchev–Trinajstić information content (AvgIpc) is 2.73. The van der Waals surface area contributed by atoms with Gasteiger partial charge in [0, 0.05) is 0 Å². The van der Waals surface area contributed by atoms with Crippen molar-refractivity contribution in [2.75, 3.05) is 0 Å². The summed E-state index contributed by atoms with van der Waals surface area (Å²) in [5, 5.41) is 0. The maximum atomic E-state index is 6.82. The van der Waals surface area contributed by atoms with Crippen LogP contribution >= 0.6 is 20.0 Å². The molecule has 2 aliphatic heterocycles. The van der Waals surface area contributed by atoms with Gasteiger partial charge in [0.05, 0.1) is 0 Å². The van der Waals surface area contributed by atoms with Gasteiger partial charge in [-0.25, -0.2) is 0 Å². The molecule has 4 nitrogen and oxygen atoms in total. The molecule has 0 aliphatic carbocycles. The van der Waals surface area contributed by atoms with E-state index >= 15 is 0 Å². The molecular formula is C28H46Cl2Ge2N4S2Se2. The Morgan fingerprint density at radius 2 is 0.650 bits per heavy atom. The van der Waals surface area contributed by atoms with Gasteiger partial charge in [-0.15, -0.1) is 0 Å². The van der Waals surface area contributed by atoms with Crippen LogP contribution in [0.25, 0.3) is 0 Å². The molecule has 4 radical (unpaired) electrons. The Hall–Kier alpha value is 1.68. The summed E-state index contributed by atoms with van der Waals surface area (Å²) in [7, 11) is 13.6. The normalized spacial score (nSPS) is 19.6. The fourth-order valence-corrected chi connectivity index (χ4v) is 31.5. The average molecular weight is 877 g/mol. The summed E-state index contributed by atoms with van der Waals surface area (Å²) in [5.41, 5.74) is 0.547. The largest absolute Gasteiger partial charge is 1.00 e. The van der Waals surface area contributed by atoms with E-state index in [9.17, 15) is 0 Å². The summed E-state index contributed by atoms with van der Waals surface area (Å²) in [4.78, 5) is 2.76. The zero-order valence-corrected chi connectivity index (χ0v) is 36.7. The zero-order valence-electron chi connectivity index (χ0n) is 26.0. The second-order valence-electron chi connectivity index (χ2n) is 13.6. The molecule has 2 saturated heterocycles. The number of halogens is 2. The number of benzene rings is 2.